The molecule has 3 rings (SSSR count). The van der Waals surface area contributed by atoms with Crippen molar-refractivity contribution in [2.75, 3.05) is 11.9 Å². The first-order valence-corrected chi connectivity index (χ1v) is 8.63. The van der Waals surface area contributed by atoms with Gasteiger partial charge in [0.05, 0.1) is 5.69 Å². The third-order valence-corrected chi connectivity index (χ3v) is 4.30. The van der Waals surface area contributed by atoms with E-state index in [1.165, 1.54) is 6.20 Å². The molecule has 0 amide bonds. The number of nitrogens with one attached hydrogen (secondary N) is 1. The standard InChI is InChI=1S/C20H21N5O3/c1-12-18(13(2)28-24-12)15-5-7-16(8-6-15)19-20(22-11-17(26)27)25(10-9-21-4)14(3)23-19/h5-10,22H,4,11H2,1-3H3,(H,26,27)/b10-9-. The minimum atomic E-state index is -0.962. The van der Waals surface area contributed by atoms with Gasteiger partial charge in [-0.2, -0.15) is 0 Å². The Labute approximate surface area is 162 Å². The fourth-order valence-corrected chi connectivity index (χ4v) is 3.06. The second-order valence-corrected chi connectivity index (χ2v) is 6.23. The van der Waals surface area contributed by atoms with E-state index < -0.39 is 5.97 Å². The minimum Gasteiger partial charge on any atom is -0.480 e. The molecule has 2 N–H and O–H groups in total. The summed E-state index contributed by atoms with van der Waals surface area (Å²) in [5.74, 6) is 1.06. The van der Waals surface area contributed by atoms with Gasteiger partial charge in [0.2, 0.25) is 0 Å². The van der Waals surface area contributed by atoms with Gasteiger partial charge in [0.15, 0.2) is 0 Å². The number of rotatable bonds is 7. The highest BCUT2D eigenvalue weighted by Gasteiger charge is 2.17. The highest BCUT2D eigenvalue weighted by Crippen LogP contribution is 2.32. The number of carboxylic acids is 1. The van der Waals surface area contributed by atoms with Crippen molar-refractivity contribution in [3.8, 4) is 22.4 Å². The van der Waals surface area contributed by atoms with Crippen LogP contribution in [0.4, 0.5) is 5.82 Å². The number of aromatic nitrogens is 3. The van der Waals surface area contributed by atoms with Crippen molar-refractivity contribution in [2.45, 2.75) is 20.8 Å². The number of hydrogen-bond acceptors (Lipinski definition) is 6. The summed E-state index contributed by atoms with van der Waals surface area (Å²) in [6.45, 7) is 8.81. The number of aliphatic imine (C=N–C) groups is 1. The fourth-order valence-electron chi connectivity index (χ4n) is 3.06. The van der Waals surface area contributed by atoms with Gasteiger partial charge in [-0.1, -0.05) is 29.4 Å². The Hall–Kier alpha value is -3.68. The van der Waals surface area contributed by atoms with Crippen LogP contribution in [0, 0.1) is 20.8 Å². The number of carbonyl (C=O) groups is 1. The van der Waals surface area contributed by atoms with Crippen molar-refractivity contribution in [3.63, 3.8) is 0 Å². The van der Waals surface area contributed by atoms with Gasteiger partial charge in [0.1, 0.15) is 29.6 Å². The Morgan fingerprint density at radius 3 is 2.54 bits per heavy atom. The zero-order valence-corrected chi connectivity index (χ0v) is 15.9. The number of aryl methyl sites for hydroxylation is 3. The third-order valence-electron chi connectivity index (χ3n) is 4.30. The van der Waals surface area contributed by atoms with Crippen LogP contribution in [0.3, 0.4) is 0 Å². The molecule has 8 heteroatoms. The van der Waals surface area contributed by atoms with Gasteiger partial charge in [-0.25, -0.2) is 4.98 Å². The molecule has 8 nitrogen and oxygen atoms in total. The zero-order valence-electron chi connectivity index (χ0n) is 15.9. The molecule has 0 spiro atoms. The third kappa shape index (κ3) is 3.71. The Morgan fingerprint density at radius 1 is 1.29 bits per heavy atom. The van der Waals surface area contributed by atoms with E-state index in [9.17, 15) is 4.79 Å². The monoisotopic (exact) mass is 379 g/mol. The van der Waals surface area contributed by atoms with E-state index in [1.54, 1.807) is 10.8 Å². The molecular weight excluding hydrogens is 358 g/mol. The van der Waals surface area contributed by atoms with Crippen LogP contribution in [-0.4, -0.2) is 39.0 Å². The van der Waals surface area contributed by atoms with E-state index in [0.717, 1.165) is 28.1 Å². The van der Waals surface area contributed by atoms with Crippen LogP contribution in [0.15, 0.2) is 40.0 Å². The fraction of sp³-hybridized carbons (Fsp3) is 0.200. The van der Waals surface area contributed by atoms with Crippen LogP contribution in [-0.2, 0) is 4.79 Å². The van der Waals surface area contributed by atoms with E-state index in [4.69, 9.17) is 9.63 Å². The van der Waals surface area contributed by atoms with Gasteiger partial charge >= 0.3 is 5.97 Å². The molecule has 0 unspecified atom stereocenters. The van der Waals surface area contributed by atoms with Crippen molar-refractivity contribution in [2.24, 2.45) is 4.99 Å². The van der Waals surface area contributed by atoms with Gasteiger partial charge in [-0.05, 0) is 33.1 Å². The molecule has 144 valence electrons. The second-order valence-electron chi connectivity index (χ2n) is 6.23. The smallest absolute Gasteiger partial charge is 0.322 e. The molecule has 3 aromatic rings. The molecule has 0 saturated carbocycles. The molecule has 0 radical (unpaired) electrons. The molecule has 2 heterocycles. The summed E-state index contributed by atoms with van der Waals surface area (Å²) in [7, 11) is 0. The summed E-state index contributed by atoms with van der Waals surface area (Å²) >= 11 is 0. The quantitative estimate of drug-likeness (QED) is 0.606. The van der Waals surface area contributed by atoms with E-state index in [2.05, 4.69) is 27.2 Å². The maximum atomic E-state index is 11.0. The first-order valence-electron chi connectivity index (χ1n) is 8.63. The lowest BCUT2D eigenvalue weighted by Gasteiger charge is -2.09. The van der Waals surface area contributed by atoms with Gasteiger partial charge < -0.3 is 14.9 Å². The number of anilines is 1. The number of imidazole rings is 1. The Bertz CT molecular complexity index is 1030. The minimum absolute atomic E-state index is 0.231. The lowest BCUT2D eigenvalue weighted by molar-refractivity contribution is -0.134. The summed E-state index contributed by atoms with van der Waals surface area (Å²) in [6.07, 6.45) is 3.20. The first-order chi connectivity index (χ1) is 13.4. The van der Waals surface area contributed by atoms with Crippen LogP contribution in [0.1, 0.15) is 17.3 Å². The largest absolute Gasteiger partial charge is 0.480 e. The van der Waals surface area contributed by atoms with Gasteiger partial charge in [-0.15, -0.1) is 0 Å². The van der Waals surface area contributed by atoms with Crippen LogP contribution in [0.25, 0.3) is 28.6 Å². The van der Waals surface area contributed by atoms with Crippen molar-refractivity contribution < 1.29 is 14.4 Å². The Balaban J connectivity index is 2.03. The maximum absolute atomic E-state index is 11.0. The molecular formula is C20H21N5O3. The molecule has 0 saturated heterocycles. The lowest BCUT2D eigenvalue weighted by Crippen LogP contribution is -2.14. The molecule has 0 aliphatic carbocycles. The number of aliphatic carboxylic acids is 1. The van der Waals surface area contributed by atoms with Crippen molar-refractivity contribution in [3.05, 3.63) is 47.7 Å². The van der Waals surface area contributed by atoms with Crippen molar-refractivity contribution in [1.82, 2.24) is 14.7 Å². The van der Waals surface area contributed by atoms with Crippen LogP contribution in [0.2, 0.25) is 0 Å². The van der Waals surface area contributed by atoms with E-state index in [1.807, 2.05) is 45.0 Å². The predicted octanol–water partition coefficient (Wildman–Crippen LogP) is 3.76. The Morgan fingerprint density at radius 2 is 1.96 bits per heavy atom. The Kier molecular flexibility index (Phi) is 5.39. The van der Waals surface area contributed by atoms with E-state index in [-0.39, 0.29) is 6.54 Å². The number of nitrogens with zero attached hydrogens (tertiary/aromatic N) is 4. The number of benzene rings is 1. The normalized spacial score (nSPS) is 11.1. The molecule has 0 bridgehead atoms. The predicted molar refractivity (Wildman–Crippen MR) is 108 cm³/mol. The molecule has 2 aromatic heterocycles. The van der Waals surface area contributed by atoms with Gasteiger partial charge in [-0.3, -0.25) is 14.4 Å². The van der Waals surface area contributed by atoms with Crippen molar-refractivity contribution in [1.29, 1.82) is 0 Å². The zero-order chi connectivity index (χ0) is 20.3. The topological polar surface area (TPSA) is 106 Å². The average molecular weight is 379 g/mol. The molecule has 28 heavy (non-hydrogen) atoms. The molecule has 0 aliphatic heterocycles. The molecule has 0 aliphatic rings. The van der Waals surface area contributed by atoms with Gasteiger partial charge in [0, 0.05) is 23.5 Å². The lowest BCUT2D eigenvalue weighted by atomic mass is 10.0. The second kappa shape index (κ2) is 7.91. The van der Waals surface area contributed by atoms with Crippen LogP contribution in [0.5, 0.6) is 0 Å². The first kappa shape index (κ1) is 19.1. The average Bonchev–Trinajstić information content (AvgIpc) is 3.17. The molecule has 1 aromatic carbocycles. The SMILES string of the molecule is C=N/C=C\n1c(C)nc(-c2ccc(-c3c(C)noc3C)cc2)c1NCC(=O)O. The number of carboxylic acid groups (broad SMARTS) is 1. The van der Waals surface area contributed by atoms with E-state index >= 15 is 0 Å². The highest BCUT2D eigenvalue weighted by molar-refractivity contribution is 5.80. The molecule has 0 atom stereocenters. The summed E-state index contributed by atoms with van der Waals surface area (Å²) in [6, 6.07) is 7.82. The number of hydrogen-bond donors (Lipinski definition) is 2. The summed E-state index contributed by atoms with van der Waals surface area (Å²) in [5, 5.41) is 16.0. The van der Waals surface area contributed by atoms with E-state index in [0.29, 0.717) is 17.3 Å². The maximum Gasteiger partial charge on any atom is 0.322 e. The highest BCUT2D eigenvalue weighted by atomic mass is 16.5. The van der Waals surface area contributed by atoms with Crippen LogP contribution < -0.4 is 5.32 Å². The molecule has 0 fully saturated rings. The summed E-state index contributed by atoms with van der Waals surface area (Å²) in [4.78, 5) is 19.4. The van der Waals surface area contributed by atoms with Crippen LogP contribution >= 0.6 is 0 Å². The summed E-state index contributed by atoms with van der Waals surface area (Å²) in [5.41, 5.74) is 4.30. The summed E-state index contributed by atoms with van der Waals surface area (Å²) < 4.78 is 6.99. The van der Waals surface area contributed by atoms with Gasteiger partial charge in [0.25, 0.3) is 0 Å². The van der Waals surface area contributed by atoms with Crippen molar-refractivity contribution >= 4 is 24.7 Å².